The van der Waals surface area contributed by atoms with Crippen molar-refractivity contribution in [2.24, 2.45) is 5.92 Å². The molecule has 206 valence electrons. The van der Waals surface area contributed by atoms with Crippen LogP contribution in [-0.4, -0.2) is 66.5 Å². The van der Waals surface area contributed by atoms with Gasteiger partial charge < -0.3 is 30.1 Å². The summed E-state index contributed by atoms with van der Waals surface area (Å²) in [5.41, 5.74) is -0.618. The lowest BCUT2D eigenvalue weighted by molar-refractivity contribution is -0.137. The Bertz CT molecular complexity index is 1070. The fraction of sp³-hybridized carbons (Fsp3) is 0.533. The van der Waals surface area contributed by atoms with E-state index < -0.39 is 17.1 Å². The number of amides is 2. The molecule has 0 bridgehead atoms. The van der Waals surface area contributed by atoms with Gasteiger partial charge >= 0.3 is 6.09 Å². The number of hydrogen-bond acceptors (Lipinski definition) is 6. The Morgan fingerprint density at radius 1 is 0.974 bits per heavy atom. The van der Waals surface area contributed by atoms with Crippen LogP contribution in [0, 0.1) is 5.92 Å². The molecule has 2 saturated heterocycles. The predicted molar refractivity (Wildman–Crippen MR) is 147 cm³/mol. The number of aliphatic hydroxyl groups is 1. The van der Waals surface area contributed by atoms with Crippen molar-refractivity contribution >= 4 is 17.7 Å². The average Bonchev–Trinajstić information content (AvgIpc) is 2.92. The highest BCUT2D eigenvalue weighted by Gasteiger charge is 2.42. The van der Waals surface area contributed by atoms with Gasteiger partial charge in [-0.05, 0) is 64.0 Å². The van der Waals surface area contributed by atoms with Gasteiger partial charge in [0.05, 0.1) is 0 Å². The predicted octanol–water partition coefficient (Wildman–Crippen LogP) is 4.28. The van der Waals surface area contributed by atoms with Gasteiger partial charge in [0.1, 0.15) is 5.60 Å². The first-order valence-electron chi connectivity index (χ1n) is 13.6. The Balaban J connectivity index is 1.47. The van der Waals surface area contributed by atoms with Crippen molar-refractivity contribution < 1.29 is 24.2 Å². The number of carbonyl (C=O) groups is 2. The highest BCUT2D eigenvalue weighted by molar-refractivity contribution is 5.92. The van der Waals surface area contributed by atoms with Gasteiger partial charge in [-0.2, -0.15) is 0 Å². The van der Waals surface area contributed by atoms with Crippen molar-refractivity contribution in [1.82, 2.24) is 10.2 Å². The quantitative estimate of drug-likeness (QED) is 0.501. The molecule has 0 aromatic heterocycles. The highest BCUT2D eigenvalue weighted by Crippen LogP contribution is 2.36. The SMILES string of the molecule is CC(C)(C)OC(=O)N1CCC(CNC(=O)C(O)(c2ccccc2)c2ccccc2NC2CCOCC2)CC1. The zero-order valence-corrected chi connectivity index (χ0v) is 22.7. The molecule has 4 rings (SSSR count). The zero-order chi connectivity index (χ0) is 27.2. The van der Waals surface area contributed by atoms with Crippen molar-refractivity contribution in [3.8, 4) is 0 Å². The molecule has 8 nitrogen and oxygen atoms in total. The van der Waals surface area contributed by atoms with Crippen LogP contribution < -0.4 is 10.6 Å². The van der Waals surface area contributed by atoms with E-state index in [9.17, 15) is 14.7 Å². The minimum absolute atomic E-state index is 0.202. The van der Waals surface area contributed by atoms with E-state index in [0.717, 1.165) is 31.4 Å². The summed E-state index contributed by atoms with van der Waals surface area (Å²) in [6, 6.07) is 16.8. The fourth-order valence-electron chi connectivity index (χ4n) is 5.09. The van der Waals surface area contributed by atoms with Crippen molar-refractivity contribution in [2.75, 3.05) is 38.2 Å². The standard InChI is InChI=1S/C30H41N3O5/c1-29(2,3)38-28(35)33-17-13-22(14-18-33)21-31-27(34)30(36,23-9-5-4-6-10-23)25-11-7-8-12-26(25)32-24-15-19-37-20-16-24/h4-12,22,24,32,36H,13-21H2,1-3H3,(H,31,34). The fourth-order valence-corrected chi connectivity index (χ4v) is 5.09. The molecule has 3 N–H and O–H groups in total. The summed E-state index contributed by atoms with van der Waals surface area (Å²) >= 11 is 0. The van der Waals surface area contributed by atoms with E-state index in [1.807, 2.05) is 63.2 Å². The lowest BCUT2D eigenvalue weighted by Gasteiger charge is -2.35. The zero-order valence-electron chi connectivity index (χ0n) is 22.7. The van der Waals surface area contributed by atoms with E-state index in [4.69, 9.17) is 9.47 Å². The van der Waals surface area contributed by atoms with Crippen LogP contribution in [0.2, 0.25) is 0 Å². The molecular formula is C30H41N3O5. The van der Waals surface area contributed by atoms with Crippen LogP contribution >= 0.6 is 0 Å². The van der Waals surface area contributed by atoms with E-state index >= 15 is 0 Å². The maximum Gasteiger partial charge on any atom is 0.410 e. The van der Waals surface area contributed by atoms with Gasteiger partial charge in [-0.25, -0.2) is 4.79 Å². The Labute approximate surface area is 225 Å². The van der Waals surface area contributed by atoms with Gasteiger partial charge in [0.25, 0.3) is 5.91 Å². The third-order valence-corrected chi connectivity index (χ3v) is 7.24. The van der Waals surface area contributed by atoms with Crippen molar-refractivity contribution in [3.05, 3.63) is 65.7 Å². The molecule has 0 saturated carbocycles. The second kappa shape index (κ2) is 12.2. The molecule has 2 aliphatic rings. The summed E-state index contributed by atoms with van der Waals surface area (Å²) in [6.45, 7) is 8.54. The lowest BCUT2D eigenvalue weighted by atomic mass is 9.83. The van der Waals surface area contributed by atoms with E-state index in [-0.39, 0.29) is 18.1 Å². The smallest absolute Gasteiger partial charge is 0.410 e. The largest absolute Gasteiger partial charge is 0.444 e. The monoisotopic (exact) mass is 523 g/mol. The van der Waals surface area contributed by atoms with Crippen molar-refractivity contribution in [3.63, 3.8) is 0 Å². The number of carbonyl (C=O) groups excluding carboxylic acids is 2. The molecule has 0 radical (unpaired) electrons. The summed E-state index contributed by atoms with van der Waals surface area (Å²) in [5.74, 6) is -0.257. The van der Waals surface area contributed by atoms with E-state index in [2.05, 4.69) is 10.6 Å². The number of likely N-dealkylation sites (tertiary alicyclic amines) is 1. The van der Waals surface area contributed by atoms with Gasteiger partial charge in [0.15, 0.2) is 5.60 Å². The number of piperidine rings is 1. The molecule has 0 aliphatic carbocycles. The molecule has 2 fully saturated rings. The maximum absolute atomic E-state index is 13.8. The van der Waals surface area contributed by atoms with Gasteiger partial charge in [-0.1, -0.05) is 48.5 Å². The summed E-state index contributed by atoms with van der Waals surface area (Å²) in [7, 11) is 0. The molecule has 1 unspecified atom stereocenters. The number of rotatable bonds is 7. The van der Waals surface area contributed by atoms with E-state index in [0.29, 0.717) is 44.0 Å². The maximum atomic E-state index is 13.8. The lowest BCUT2D eigenvalue weighted by Crippen LogP contribution is -2.49. The number of hydrogen-bond donors (Lipinski definition) is 3. The molecule has 2 aromatic rings. The molecule has 1 atom stereocenters. The summed E-state index contributed by atoms with van der Waals surface area (Å²) in [4.78, 5) is 27.9. The second-order valence-electron chi connectivity index (χ2n) is 11.3. The van der Waals surface area contributed by atoms with Gasteiger partial charge in [-0.15, -0.1) is 0 Å². The Kier molecular flexibility index (Phi) is 8.95. The Hall–Kier alpha value is -3.10. The Morgan fingerprint density at radius 2 is 1.61 bits per heavy atom. The van der Waals surface area contributed by atoms with Crippen molar-refractivity contribution in [2.45, 2.75) is 63.7 Å². The second-order valence-corrected chi connectivity index (χ2v) is 11.3. The first kappa shape index (κ1) is 27.9. The van der Waals surface area contributed by atoms with Crippen molar-refractivity contribution in [1.29, 1.82) is 0 Å². The van der Waals surface area contributed by atoms with Crippen LogP contribution in [0.1, 0.15) is 57.6 Å². The molecule has 2 amide bonds. The third-order valence-electron chi connectivity index (χ3n) is 7.24. The summed E-state index contributed by atoms with van der Waals surface area (Å²) < 4.78 is 11.0. The topological polar surface area (TPSA) is 100 Å². The van der Waals surface area contributed by atoms with Crippen LogP contribution in [0.25, 0.3) is 0 Å². The molecule has 8 heteroatoms. The summed E-state index contributed by atoms with van der Waals surface area (Å²) in [6.07, 6.45) is 2.95. The van der Waals surface area contributed by atoms with Gasteiger partial charge in [-0.3, -0.25) is 4.79 Å². The Morgan fingerprint density at radius 3 is 2.26 bits per heavy atom. The molecule has 0 spiro atoms. The molecule has 38 heavy (non-hydrogen) atoms. The van der Waals surface area contributed by atoms with Crippen LogP contribution in [0.15, 0.2) is 54.6 Å². The third kappa shape index (κ3) is 6.85. The first-order valence-corrected chi connectivity index (χ1v) is 13.6. The molecule has 2 heterocycles. The van der Waals surface area contributed by atoms with Crippen LogP contribution in [0.4, 0.5) is 10.5 Å². The number of para-hydroxylation sites is 1. The number of benzene rings is 2. The molecule has 2 aliphatic heterocycles. The number of ether oxygens (including phenoxy) is 2. The normalized spacial score (nSPS) is 18.9. The average molecular weight is 524 g/mol. The number of nitrogens with zero attached hydrogens (tertiary/aromatic N) is 1. The number of anilines is 1. The minimum atomic E-state index is -1.87. The minimum Gasteiger partial charge on any atom is -0.444 e. The first-order chi connectivity index (χ1) is 18.2. The van der Waals surface area contributed by atoms with Gasteiger partial charge in [0, 0.05) is 50.1 Å². The van der Waals surface area contributed by atoms with Crippen LogP contribution in [0.3, 0.4) is 0 Å². The van der Waals surface area contributed by atoms with Gasteiger partial charge in [0.2, 0.25) is 0 Å². The molecule has 2 aromatic carbocycles. The van der Waals surface area contributed by atoms with Crippen LogP contribution in [0.5, 0.6) is 0 Å². The number of nitrogens with one attached hydrogen (secondary N) is 2. The van der Waals surface area contributed by atoms with E-state index in [1.165, 1.54) is 0 Å². The van der Waals surface area contributed by atoms with Crippen LogP contribution in [-0.2, 0) is 19.9 Å². The van der Waals surface area contributed by atoms with E-state index in [1.54, 1.807) is 17.0 Å². The summed E-state index contributed by atoms with van der Waals surface area (Å²) in [5, 5.41) is 18.7. The highest BCUT2D eigenvalue weighted by atomic mass is 16.6. The molecular weight excluding hydrogens is 482 g/mol.